The summed E-state index contributed by atoms with van der Waals surface area (Å²) in [6, 6.07) is 26.3. The maximum Gasteiger partial charge on any atom is 0.264 e. The highest BCUT2D eigenvalue weighted by Gasteiger charge is 2.35. The molecule has 48 heavy (non-hydrogen) atoms. The van der Waals surface area contributed by atoms with Crippen molar-refractivity contribution in [3.63, 3.8) is 0 Å². The number of carbonyl (C=O) groups is 2. The number of benzene rings is 4. The van der Waals surface area contributed by atoms with Crippen LogP contribution in [0, 0.1) is 6.92 Å². The van der Waals surface area contributed by atoms with Crippen molar-refractivity contribution in [1.29, 1.82) is 0 Å². The van der Waals surface area contributed by atoms with Crippen LogP contribution in [0.5, 0.6) is 5.75 Å². The number of rotatable bonds is 13. The predicted molar refractivity (Wildman–Crippen MR) is 192 cm³/mol. The second-order valence-corrected chi connectivity index (χ2v) is 15.1. The summed E-state index contributed by atoms with van der Waals surface area (Å²) in [4.78, 5) is 30.1. The van der Waals surface area contributed by atoms with Crippen molar-refractivity contribution in [2.75, 3.05) is 17.5 Å². The van der Waals surface area contributed by atoms with Crippen LogP contribution in [-0.4, -0.2) is 49.9 Å². The first-order valence-corrected chi connectivity index (χ1v) is 17.8. The van der Waals surface area contributed by atoms with Crippen LogP contribution < -0.4 is 14.4 Å². The van der Waals surface area contributed by atoms with Gasteiger partial charge in [-0.1, -0.05) is 77.3 Å². The summed E-state index contributed by atoms with van der Waals surface area (Å²) >= 11 is 12.6. The minimum absolute atomic E-state index is 0.0251. The van der Waals surface area contributed by atoms with Crippen LogP contribution in [0.4, 0.5) is 5.69 Å². The second kappa shape index (κ2) is 15.9. The molecule has 0 radical (unpaired) electrons. The number of halogens is 2. The maximum absolute atomic E-state index is 14.6. The summed E-state index contributed by atoms with van der Waals surface area (Å²) in [5.41, 5.74) is 2.00. The lowest BCUT2D eigenvalue weighted by Gasteiger charge is -2.35. The SMILES string of the molecule is CCOc1ccc(N(CC(=O)N(Cc2ccc(Cl)c(Cl)c2)[C@H](Cc2ccccc2)C(=O)NC(C)(C)C)S(=O)(=O)c2ccc(C)cc2)cc1. The van der Waals surface area contributed by atoms with E-state index in [1.807, 2.05) is 65.0 Å². The number of nitrogens with one attached hydrogen (secondary N) is 1. The van der Waals surface area contributed by atoms with E-state index < -0.39 is 34.1 Å². The Balaban J connectivity index is 1.83. The molecule has 254 valence electrons. The first-order valence-electron chi connectivity index (χ1n) is 15.6. The summed E-state index contributed by atoms with van der Waals surface area (Å²) in [5, 5.41) is 3.65. The van der Waals surface area contributed by atoms with Gasteiger partial charge in [0, 0.05) is 18.5 Å². The van der Waals surface area contributed by atoms with Crippen molar-refractivity contribution in [3.8, 4) is 5.75 Å². The third-order valence-electron chi connectivity index (χ3n) is 7.43. The molecule has 8 nitrogen and oxygen atoms in total. The lowest BCUT2D eigenvalue weighted by Crippen LogP contribution is -2.56. The minimum Gasteiger partial charge on any atom is -0.494 e. The third-order valence-corrected chi connectivity index (χ3v) is 9.96. The Morgan fingerprint density at radius 3 is 2.08 bits per heavy atom. The van der Waals surface area contributed by atoms with Crippen LogP contribution in [0.15, 0.2) is 102 Å². The van der Waals surface area contributed by atoms with E-state index >= 15 is 0 Å². The molecule has 0 fully saturated rings. The van der Waals surface area contributed by atoms with Crippen LogP contribution in [0.1, 0.15) is 44.4 Å². The van der Waals surface area contributed by atoms with E-state index in [2.05, 4.69) is 5.32 Å². The Morgan fingerprint density at radius 2 is 1.50 bits per heavy atom. The van der Waals surface area contributed by atoms with Gasteiger partial charge in [-0.15, -0.1) is 0 Å². The molecule has 4 aromatic carbocycles. The average Bonchev–Trinajstić information content (AvgIpc) is 3.03. The molecule has 0 aliphatic heterocycles. The van der Waals surface area contributed by atoms with Gasteiger partial charge in [0.15, 0.2) is 0 Å². The molecule has 0 unspecified atom stereocenters. The van der Waals surface area contributed by atoms with Crippen LogP contribution in [0.3, 0.4) is 0 Å². The van der Waals surface area contributed by atoms with Gasteiger partial charge >= 0.3 is 0 Å². The summed E-state index contributed by atoms with van der Waals surface area (Å²) in [6.07, 6.45) is 0.184. The fraction of sp³-hybridized carbons (Fsp3) is 0.297. The first-order chi connectivity index (χ1) is 22.7. The Bertz CT molecular complexity index is 1810. The van der Waals surface area contributed by atoms with Gasteiger partial charge in [-0.2, -0.15) is 0 Å². The molecule has 0 aromatic heterocycles. The highest BCUT2D eigenvalue weighted by Crippen LogP contribution is 2.28. The molecule has 2 amide bonds. The largest absolute Gasteiger partial charge is 0.494 e. The fourth-order valence-corrected chi connectivity index (χ4v) is 6.82. The summed E-state index contributed by atoms with van der Waals surface area (Å²) in [7, 11) is -4.24. The monoisotopic (exact) mass is 709 g/mol. The van der Waals surface area contributed by atoms with Crippen molar-refractivity contribution in [2.24, 2.45) is 0 Å². The average molecular weight is 711 g/mol. The zero-order chi connectivity index (χ0) is 35.1. The quantitative estimate of drug-likeness (QED) is 0.156. The number of aryl methyl sites for hydroxylation is 1. The van der Waals surface area contributed by atoms with Gasteiger partial charge < -0.3 is 15.0 Å². The van der Waals surface area contributed by atoms with E-state index in [0.717, 1.165) is 15.4 Å². The van der Waals surface area contributed by atoms with Gasteiger partial charge in [0.2, 0.25) is 11.8 Å². The van der Waals surface area contributed by atoms with Gasteiger partial charge in [0.1, 0.15) is 18.3 Å². The molecule has 0 heterocycles. The molecule has 0 aliphatic rings. The second-order valence-electron chi connectivity index (χ2n) is 12.5. The van der Waals surface area contributed by atoms with Gasteiger partial charge in [-0.3, -0.25) is 13.9 Å². The molecule has 4 rings (SSSR count). The number of anilines is 1. The molecule has 0 spiro atoms. The number of amides is 2. The van der Waals surface area contributed by atoms with Gasteiger partial charge in [0.05, 0.1) is 27.2 Å². The zero-order valence-electron chi connectivity index (χ0n) is 27.7. The van der Waals surface area contributed by atoms with E-state index in [1.165, 1.54) is 17.0 Å². The lowest BCUT2D eigenvalue weighted by atomic mass is 10.0. The lowest BCUT2D eigenvalue weighted by molar-refractivity contribution is -0.140. The minimum atomic E-state index is -4.24. The van der Waals surface area contributed by atoms with E-state index in [1.54, 1.807) is 54.6 Å². The number of ether oxygens (including phenoxy) is 1. The highest BCUT2D eigenvalue weighted by atomic mass is 35.5. The van der Waals surface area contributed by atoms with E-state index in [4.69, 9.17) is 27.9 Å². The topological polar surface area (TPSA) is 96.0 Å². The molecule has 1 N–H and O–H groups in total. The zero-order valence-corrected chi connectivity index (χ0v) is 30.1. The molecule has 0 aliphatic carbocycles. The molecule has 0 bridgehead atoms. The Hall–Kier alpha value is -4.05. The first kappa shape index (κ1) is 36.8. The molecular formula is C37H41Cl2N3O5S. The van der Waals surface area contributed by atoms with Crippen LogP contribution in [0.2, 0.25) is 10.0 Å². The highest BCUT2D eigenvalue weighted by molar-refractivity contribution is 7.92. The summed E-state index contributed by atoms with van der Waals surface area (Å²) in [5.74, 6) is -0.410. The van der Waals surface area contributed by atoms with Gasteiger partial charge in [-0.25, -0.2) is 8.42 Å². The number of hydrogen-bond donors (Lipinski definition) is 1. The Labute approximate surface area is 293 Å². The van der Waals surface area contributed by atoms with E-state index in [-0.39, 0.29) is 29.5 Å². The molecule has 4 aromatic rings. The van der Waals surface area contributed by atoms with Crippen molar-refractivity contribution < 1.29 is 22.7 Å². The van der Waals surface area contributed by atoms with Crippen LogP contribution in [0.25, 0.3) is 0 Å². The molecule has 1 atom stereocenters. The number of carbonyl (C=O) groups excluding carboxylic acids is 2. The van der Waals surface area contributed by atoms with E-state index in [0.29, 0.717) is 28.0 Å². The third kappa shape index (κ3) is 9.75. The summed E-state index contributed by atoms with van der Waals surface area (Å²) < 4.78 is 35.1. The molecule has 0 saturated carbocycles. The maximum atomic E-state index is 14.6. The molecule has 11 heteroatoms. The van der Waals surface area contributed by atoms with E-state index in [9.17, 15) is 18.0 Å². The van der Waals surface area contributed by atoms with Gasteiger partial charge in [0.25, 0.3) is 10.0 Å². The van der Waals surface area contributed by atoms with Crippen LogP contribution >= 0.6 is 23.2 Å². The molecule has 0 saturated heterocycles. The van der Waals surface area contributed by atoms with Crippen molar-refractivity contribution in [3.05, 3.63) is 124 Å². The number of hydrogen-bond acceptors (Lipinski definition) is 5. The van der Waals surface area contributed by atoms with Crippen molar-refractivity contribution >= 4 is 50.7 Å². The van der Waals surface area contributed by atoms with Crippen molar-refractivity contribution in [2.45, 2.75) is 64.1 Å². The van der Waals surface area contributed by atoms with Crippen molar-refractivity contribution in [1.82, 2.24) is 10.2 Å². The molecular weight excluding hydrogens is 669 g/mol. The number of sulfonamides is 1. The Kier molecular flexibility index (Phi) is 12.2. The van der Waals surface area contributed by atoms with Gasteiger partial charge in [-0.05, 0) is 94.3 Å². The standard InChI is InChI=1S/C37H41Cl2N3O5S/c1-6-47-30-17-15-29(16-18-30)42(48(45,46)31-19-12-26(2)13-20-31)25-35(43)41(24-28-14-21-32(38)33(39)22-28)34(36(44)40-37(3,4)5)23-27-10-8-7-9-11-27/h7-22,34H,6,23-25H2,1-5H3,(H,40,44)/t34-/m1/s1. The predicted octanol–water partition coefficient (Wildman–Crippen LogP) is 7.45. The summed E-state index contributed by atoms with van der Waals surface area (Å²) in [6.45, 7) is 9.11. The van der Waals surface area contributed by atoms with Crippen LogP contribution in [-0.2, 0) is 32.6 Å². The fourth-order valence-electron chi connectivity index (χ4n) is 5.08. The Morgan fingerprint density at radius 1 is 0.854 bits per heavy atom. The number of nitrogens with zero attached hydrogens (tertiary/aromatic N) is 2. The normalized spacial score (nSPS) is 12.2. The smallest absolute Gasteiger partial charge is 0.264 e.